The van der Waals surface area contributed by atoms with E-state index in [2.05, 4.69) is 23.2 Å². The lowest BCUT2D eigenvalue weighted by Crippen LogP contribution is -2.29. The van der Waals surface area contributed by atoms with Crippen LogP contribution in [-0.2, 0) is 6.54 Å². The van der Waals surface area contributed by atoms with Crippen LogP contribution in [0.4, 0.5) is 0 Å². The Morgan fingerprint density at radius 2 is 1.57 bits per heavy atom. The molecule has 2 heterocycles. The molecule has 4 aromatic rings. The van der Waals surface area contributed by atoms with E-state index in [1.165, 1.54) is 4.90 Å². The van der Waals surface area contributed by atoms with Gasteiger partial charge in [0.15, 0.2) is 0 Å². The van der Waals surface area contributed by atoms with Crippen LogP contribution in [0.2, 0.25) is 0 Å². The molecular weight excluding hydrogens is 348 g/mol. The molecule has 0 aliphatic carbocycles. The molecular formula is C24H16N2O2. The van der Waals surface area contributed by atoms with Crippen molar-refractivity contribution in [2.75, 3.05) is 0 Å². The summed E-state index contributed by atoms with van der Waals surface area (Å²) in [5.41, 5.74) is 3.72. The second-order valence-electron chi connectivity index (χ2n) is 6.84. The van der Waals surface area contributed by atoms with Gasteiger partial charge < -0.3 is 0 Å². The molecule has 1 aromatic heterocycles. The quantitative estimate of drug-likeness (QED) is 0.495. The zero-order valence-corrected chi connectivity index (χ0v) is 15.0. The number of benzene rings is 3. The second-order valence-corrected chi connectivity index (χ2v) is 6.84. The van der Waals surface area contributed by atoms with E-state index in [0.29, 0.717) is 11.1 Å². The Morgan fingerprint density at radius 1 is 0.750 bits per heavy atom. The molecule has 0 unspecified atom stereocenters. The monoisotopic (exact) mass is 364 g/mol. The fourth-order valence-corrected chi connectivity index (χ4v) is 3.75. The van der Waals surface area contributed by atoms with Crippen LogP contribution in [0.5, 0.6) is 0 Å². The molecule has 0 saturated heterocycles. The van der Waals surface area contributed by atoms with Gasteiger partial charge in [-0.2, -0.15) is 0 Å². The highest BCUT2D eigenvalue weighted by Crippen LogP contribution is 2.33. The van der Waals surface area contributed by atoms with Gasteiger partial charge in [0, 0.05) is 12.4 Å². The molecule has 134 valence electrons. The van der Waals surface area contributed by atoms with Gasteiger partial charge in [-0.25, -0.2) is 0 Å². The Balaban J connectivity index is 1.56. The predicted molar refractivity (Wildman–Crippen MR) is 108 cm³/mol. The molecule has 3 aromatic carbocycles. The molecule has 28 heavy (non-hydrogen) atoms. The van der Waals surface area contributed by atoms with Crippen LogP contribution in [0.15, 0.2) is 85.2 Å². The summed E-state index contributed by atoms with van der Waals surface area (Å²) >= 11 is 0. The van der Waals surface area contributed by atoms with E-state index in [1.807, 2.05) is 42.5 Å². The van der Waals surface area contributed by atoms with Crippen molar-refractivity contribution < 1.29 is 9.59 Å². The third-order valence-electron chi connectivity index (χ3n) is 5.13. The SMILES string of the molecule is O=C1c2ccc(-c3cccc4ccccc34)cc2C(=O)N1Cc1cccnc1. The van der Waals surface area contributed by atoms with Gasteiger partial charge in [-0.15, -0.1) is 0 Å². The summed E-state index contributed by atoms with van der Waals surface area (Å²) in [7, 11) is 0. The third kappa shape index (κ3) is 2.58. The van der Waals surface area contributed by atoms with Crippen molar-refractivity contribution in [2.45, 2.75) is 6.54 Å². The molecule has 1 aliphatic heterocycles. The first-order valence-corrected chi connectivity index (χ1v) is 9.10. The predicted octanol–water partition coefficient (Wildman–Crippen LogP) is 4.70. The van der Waals surface area contributed by atoms with Crippen LogP contribution in [0.3, 0.4) is 0 Å². The summed E-state index contributed by atoms with van der Waals surface area (Å²) in [6.45, 7) is 0.226. The number of pyridine rings is 1. The third-order valence-corrected chi connectivity index (χ3v) is 5.13. The Morgan fingerprint density at radius 3 is 2.43 bits per heavy atom. The van der Waals surface area contributed by atoms with E-state index >= 15 is 0 Å². The van der Waals surface area contributed by atoms with E-state index in [-0.39, 0.29) is 18.4 Å². The summed E-state index contributed by atoms with van der Waals surface area (Å²) in [6.07, 6.45) is 3.34. The first-order chi connectivity index (χ1) is 13.7. The fourth-order valence-electron chi connectivity index (χ4n) is 3.75. The Kier molecular flexibility index (Phi) is 3.76. The van der Waals surface area contributed by atoms with Gasteiger partial charge in [-0.1, -0.05) is 54.6 Å². The fraction of sp³-hybridized carbons (Fsp3) is 0.0417. The highest BCUT2D eigenvalue weighted by molar-refractivity contribution is 6.21. The highest BCUT2D eigenvalue weighted by atomic mass is 16.2. The number of amides is 2. The minimum Gasteiger partial charge on any atom is -0.270 e. The molecule has 0 bridgehead atoms. The van der Waals surface area contributed by atoms with Gasteiger partial charge in [-0.05, 0) is 45.7 Å². The number of carbonyl (C=O) groups excluding carboxylic acids is 2. The van der Waals surface area contributed by atoms with Crippen molar-refractivity contribution in [3.05, 3.63) is 102 Å². The molecule has 0 fully saturated rings. The van der Waals surface area contributed by atoms with Gasteiger partial charge in [-0.3, -0.25) is 19.5 Å². The maximum atomic E-state index is 12.9. The zero-order chi connectivity index (χ0) is 19.1. The molecule has 1 aliphatic rings. The lowest BCUT2D eigenvalue weighted by molar-refractivity contribution is 0.0642. The number of carbonyl (C=O) groups is 2. The summed E-state index contributed by atoms with van der Waals surface area (Å²) in [6, 6.07) is 23.4. The van der Waals surface area contributed by atoms with Crippen LogP contribution in [0.25, 0.3) is 21.9 Å². The van der Waals surface area contributed by atoms with Crippen molar-refractivity contribution in [3.63, 3.8) is 0 Å². The van der Waals surface area contributed by atoms with E-state index in [1.54, 1.807) is 24.5 Å². The number of fused-ring (bicyclic) bond motifs is 2. The minimum absolute atomic E-state index is 0.226. The number of imide groups is 1. The molecule has 0 atom stereocenters. The largest absolute Gasteiger partial charge is 0.270 e. The van der Waals surface area contributed by atoms with Gasteiger partial charge in [0.2, 0.25) is 0 Å². The maximum absolute atomic E-state index is 12.9. The summed E-state index contributed by atoms with van der Waals surface area (Å²) in [5.74, 6) is -0.515. The van der Waals surface area contributed by atoms with Crippen molar-refractivity contribution >= 4 is 22.6 Å². The lowest BCUT2D eigenvalue weighted by atomic mass is 9.95. The molecule has 0 spiro atoms. The van der Waals surface area contributed by atoms with Gasteiger partial charge in [0.1, 0.15) is 0 Å². The van der Waals surface area contributed by atoms with Crippen molar-refractivity contribution in [1.82, 2.24) is 9.88 Å². The number of rotatable bonds is 3. The first-order valence-electron chi connectivity index (χ1n) is 9.10. The number of hydrogen-bond donors (Lipinski definition) is 0. The number of hydrogen-bond acceptors (Lipinski definition) is 3. The topological polar surface area (TPSA) is 50.3 Å². The van der Waals surface area contributed by atoms with Crippen molar-refractivity contribution in [2.24, 2.45) is 0 Å². The average Bonchev–Trinajstić information content (AvgIpc) is 2.98. The maximum Gasteiger partial charge on any atom is 0.261 e. The minimum atomic E-state index is -0.258. The Labute approximate surface area is 162 Å². The summed E-state index contributed by atoms with van der Waals surface area (Å²) in [5, 5.41) is 2.26. The van der Waals surface area contributed by atoms with Crippen molar-refractivity contribution in [3.8, 4) is 11.1 Å². The van der Waals surface area contributed by atoms with Crippen LogP contribution in [0.1, 0.15) is 26.3 Å². The van der Waals surface area contributed by atoms with Crippen LogP contribution >= 0.6 is 0 Å². The van der Waals surface area contributed by atoms with Crippen LogP contribution in [-0.4, -0.2) is 21.7 Å². The molecule has 4 heteroatoms. The van der Waals surface area contributed by atoms with E-state index in [4.69, 9.17) is 0 Å². The second kappa shape index (κ2) is 6.43. The smallest absolute Gasteiger partial charge is 0.261 e. The van der Waals surface area contributed by atoms with Crippen LogP contribution < -0.4 is 0 Å². The van der Waals surface area contributed by atoms with E-state index < -0.39 is 0 Å². The molecule has 0 N–H and O–H groups in total. The standard InChI is InChI=1S/C24H16N2O2/c27-23-21-11-10-18(20-9-3-7-17-6-1-2-8-19(17)20)13-22(21)24(28)26(23)15-16-5-4-12-25-14-16/h1-14H,15H2. The average molecular weight is 364 g/mol. The van der Waals surface area contributed by atoms with E-state index in [9.17, 15) is 9.59 Å². The van der Waals surface area contributed by atoms with Gasteiger partial charge in [0.05, 0.1) is 17.7 Å². The normalized spacial score (nSPS) is 13.2. The first kappa shape index (κ1) is 16.4. The molecule has 0 radical (unpaired) electrons. The van der Waals surface area contributed by atoms with Crippen molar-refractivity contribution in [1.29, 1.82) is 0 Å². The molecule has 5 rings (SSSR count). The van der Waals surface area contributed by atoms with Crippen LogP contribution in [0, 0.1) is 0 Å². The Bertz CT molecular complexity index is 1230. The summed E-state index contributed by atoms with van der Waals surface area (Å²) in [4.78, 5) is 31.0. The van der Waals surface area contributed by atoms with E-state index in [0.717, 1.165) is 27.5 Å². The zero-order valence-electron chi connectivity index (χ0n) is 15.0. The highest BCUT2D eigenvalue weighted by Gasteiger charge is 2.35. The molecule has 2 amide bonds. The number of aromatic nitrogens is 1. The summed E-state index contributed by atoms with van der Waals surface area (Å²) < 4.78 is 0. The molecule has 0 saturated carbocycles. The lowest BCUT2D eigenvalue weighted by Gasteiger charge is -2.13. The number of nitrogens with zero attached hydrogens (tertiary/aromatic N) is 2. The van der Waals surface area contributed by atoms with Gasteiger partial charge in [0.25, 0.3) is 11.8 Å². The van der Waals surface area contributed by atoms with Gasteiger partial charge >= 0.3 is 0 Å². The molecule has 4 nitrogen and oxygen atoms in total. The Hall–Kier alpha value is -3.79.